The van der Waals surface area contributed by atoms with Gasteiger partial charge in [0, 0.05) is 48.7 Å². The number of ether oxygens (including phenoxy) is 2. The summed E-state index contributed by atoms with van der Waals surface area (Å²) in [7, 11) is 1.40. The fourth-order valence-corrected chi connectivity index (χ4v) is 5.30. The van der Waals surface area contributed by atoms with Gasteiger partial charge in [0.2, 0.25) is 0 Å². The van der Waals surface area contributed by atoms with Gasteiger partial charge >= 0.3 is 12.1 Å². The third-order valence-corrected chi connectivity index (χ3v) is 7.32. The molecule has 2 heterocycles. The minimum Gasteiger partial charge on any atom is -0.469 e. The number of nitrogens with zero attached hydrogens (tertiary/aromatic N) is 3. The fraction of sp³-hybridized carbons (Fsp3) is 0.538. The van der Waals surface area contributed by atoms with Crippen LogP contribution in [0.4, 0.5) is 4.79 Å². The zero-order valence-corrected chi connectivity index (χ0v) is 21.3. The molecule has 4 rings (SSSR count). The minimum absolute atomic E-state index is 0.0882. The zero-order valence-electron chi connectivity index (χ0n) is 20.5. The van der Waals surface area contributed by atoms with Crippen molar-refractivity contribution in [3.63, 3.8) is 0 Å². The van der Waals surface area contributed by atoms with E-state index < -0.39 is 0 Å². The molecule has 2 aromatic rings. The van der Waals surface area contributed by atoms with Crippen molar-refractivity contribution in [3.05, 3.63) is 40.0 Å². The molecule has 0 bridgehead atoms. The topological polar surface area (TPSA) is 89.0 Å². The Balaban J connectivity index is 1.50. The lowest BCUT2D eigenvalue weighted by Gasteiger charge is -2.39. The lowest BCUT2D eigenvalue weighted by molar-refractivity contribution is -0.141. The predicted octanol–water partition coefficient (Wildman–Crippen LogP) is 4.25. The van der Waals surface area contributed by atoms with Gasteiger partial charge in [0.25, 0.3) is 5.91 Å². The van der Waals surface area contributed by atoms with Gasteiger partial charge in [0.1, 0.15) is 0 Å². The van der Waals surface area contributed by atoms with E-state index in [0.29, 0.717) is 55.2 Å². The molecule has 0 saturated carbocycles. The lowest BCUT2D eigenvalue weighted by atomic mass is 9.84. The Morgan fingerprint density at radius 3 is 2.74 bits per heavy atom. The van der Waals surface area contributed by atoms with Crippen LogP contribution in [0.2, 0.25) is 5.02 Å². The van der Waals surface area contributed by atoms with Crippen LogP contribution in [0, 0.1) is 5.92 Å². The minimum atomic E-state index is -0.325. The molecule has 1 aromatic carbocycles. The zero-order chi connectivity index (χ0) is 25.1. The van der Waals surface area contributed by atoms with E-state index in [-0.39, 0.29) is 29.9 Å². The Labute approximate surface area is 210 Å². The first-order valence-electron chi connectivity index (χ1n) is 12.2. The van der Waals surface area contributed by atoms with Crippen LogP contribution in [0.1, 0.15) is 54.7 Å². The lowest BCUT2D eigenvalue weighted by Crippen LogP contribution is -2.55. The van der Waals surface area contributed by atoms with Crippen LogP contribution in [0.25, 0.3) is 10.9 Å². The number of piperazine rings is 1. The summed E-state index contributed by atoms with van der Waals surface area (Å²) in [5.41, 5.74) is 3.16. The highest BCUT2D eigenvalue weighted by molar-refractivity contribution is 6.36. The van der Waals surface area contributed by atoms with Gasteiger partial charge in [-0.3, -0.25) is 14.6 Å². The van der Waals surface area contributed by atoms with Crippen molar-refractivity contribution < 1.29 is 23.9 Å². The number of carbonyl (C=O) groups is 3. The number of benzene rings is 1. The van der Waals surface area contributed by atoms with Gasteiger partial charge in [0.15, 0.2) is 0 Å². The van der Waals surface area contributed by atoms with Crippen LogP contribution < -0.4 is 0 Å². The molecule has 1 fully saturated rings. The maximum Gasteiger partial charge on any atom is 0.409 e. The van der Waals surface area contributed by atoms with E-state index in [1.54, 1.807) is 21.9 Å². The van der Waals surface area contributed by atoms with Crippen molar-refractivity contribution in [1.82, 2.24) is 14.8 Å². The van der Waals surface area contributed by atoms with E-state index >= 15 is 0 Å². The number of rotatable bonds is 5. The van der Waals surface area contributed by atoms with Crippen LogP contribution in [0.3, 0.4) is 0 Å². The number of esters is 1. The first kappa shape index (κ1) is 25.2. The molecule has 1 aliphatic heterocycles. The fourth-order valence-electron chi connectivity index (χ4n) is 4.96. The summed E-state index contributed by atoms with van der Waals surface area (Å²) in [5.74, 6) is -0.110. The second kappa shape index (κ2) is 10.8. The molecular weight excluding hydrogens is 470 g/mol. The normalized spacial score (nSPS) is 19.9. The van der Waals surface area contributed by atoms with Gasteiger partial charge in [-0.2, -0.15) is 0 Å². The van der Waals surface area contributed by atoms with Crippen molar-refractivity contribution in [2.24, 2.45) is 5.92 Å². The van der Waals surface area contributed by atoms with Gasteiger partial charge in [-0.25, -0.2) is 4.79 Å². The molecule has 2 aliphatic rings. The molecule has 188 valence electrons. The molecule has 1 aliphatic carbocycles. The quantitative estimate of drug-likeness (QED) is 0.569. The second-order valence-corrected chi connectivity index (χ2v) is 9.76. The maximum absolute atomic E-state index is 13.3. The Hall–Kier alpha value is -2.87. The van der Waals surface area contributed by atoms with Gasteiger partial charge in [-0.05, 0) is 56.2 Å². The molecule has 0 radical (unpaired) electrons. The Morgan fingerprint density at radius 2 is 2.03 bits per heavy atom. The summed E-state index contributed by atoms with van der Waals surface area (Å²) >= 11 is 6.78. The molecule has 1 saturated heterocycles. The molecule has 2 amide bonds. The predicted molar refractivity (Wildman–Crippen MR) is 133 cm³/mol. The van der Waals surface area contributed by atoms with Crippen molar-refractivity contribution in [3.8, 4) is 0 Å². The highest BCUT2D eigenvalue weighted by atomic mass is 35.5. The second-order valence-electron chi connectivity index (χ2n) is 9.38. The molecule has 9 heteroatoms. The molecule has 0 spiro atoms. The van der Waals surface area contributed by atoms with Crippen molar-refractivity contribution in [2.45, 2.75) is 52.0 Å². The summed E-state index contributed by atoms with van der Waals surface area (Å²) in [5, 5.41) is 1.45. The number of fused-ring (bicyclic) bond motifs is 2. The van der Waals surface area contributed by atoms with E-state index in [2.05, 4.69) is 0 Å². The van der Waals surface area contributed by atoms with E-state index in [9.17, 15) is 14.4 Å². The number of hydrogen-bond donors (Lipinski definition) is 0. The van der Waals surface area contributed by atoms with E-state index in [1.807, 2.05) is 19.9 Å². The number of amides is 2. The molecule has 2 unspecified atom stereocenters. The van der Waals surface area contributed by atoms with Crippen LogP contribution in [0.15, 0.2) is 18.2 Å². The summed E-state index contributed by atoms with van der Waals surface area (Å²) in [6.45, 7) is 5.61. The number of halogens is 1. The van der Waals surface area contributed by atoms with Crippen molar-refractivity contribution in [2.75, 3.05) is 33.4 Å². The molecule has 1 aromatic heterocycles. The van der Waals surface area contributed by atoms with E-state index in [1.165, 1.54) is 7.11 Å². The van der Waals surface area contributed by atoms with Gasteiger partial charge in [-0.1, -0.05) is 24.6 Å². The molecule has 8 nitrogen and oxygen atoms in total. The smallest absolute Gasteiger partial charge is 0.409 e. The van der Waals surface area contributed by atoms with Crippen LogP contribution in [-0.4, -0.2) is 72.1 Å². The Bertz CT molecular complexity index is 1140. The average molecular weight is 502 g/mol. The van der Waals surface area contributed by atoms with Crippen LogP contribution in [0.5, 0.6) is 0 Å². The number of hydrogen-bond acceptors (Lipinski definition) is 6. The summed E-state index contributed by atoms with van der Waals surface area (Å²) in [6, 6.07) is 5.31. The molecule has 0 N–H and O–H groups in total. The molecule has 2 atom stereocenters. The van der Waals surface area contributed by atoms with E-state index in [0.717, 1.165) is 35.9 Å². The monoisotopic (exact) mass is 501 g/mol. The van der Waals surface area contributed by atoms with Gasteiger partial charge < -0.3 is 19.3 Å². The SMILES string of the molecule is CCCOC(=O)N1CCN(C(=O)c2ccc3c(Cl)c4c(nc3c2)CCC(CC(=O)OC)C4)C(C)C1. The number of aryl methyl sites for hydroxylation is 1. The van der Waals surface area contributed by atoms with Crippen LogP contribution >= 0.6 is 11.6 Å². The summed E-state index contributed by atoms with van der Waals surface area (Å²) < 4.78 is 10.1. The maximum atomic E-state index is 13.3. The average Bonchev–Trinajstić information content (AvgIpc) is 2.86. The summed E-state index contributed by atoms with van der Waals surface area (Å²) in [6.07, 6.45) is 3.09. The van der Waals surface area contributed by atoms with Crippen molar-refractivity contribution >= 4 is 40.5 Å². The Kier molecular flexibility index (Phi) is 7.79. The summed E-state index contributed by atoms with van der Waals surface area (Å²) in [4.78, 5) is 45.5. The number of methoxy groups -OCH3 is 1. The number of aromatic nitrogens is 1. The van der Waals surface area contributed by atoms with Crippen LogP contribution in [-0.2, 0) is 27.1 Å². The van der Waals surface area contributed by atoms with Gasteiger partial charge in [-0.15, -0.1) is 0 Å². The van der Waals surface area contributed by atoms with Crippen molar-refractivity contribution in [1.29, 1.82) is 0 Å². The number of carbonyl (C=O) groups excluding carboxylic acids is 3. The Morgan fingerprint density at radius 1 is 1.23 bits per heavy atom. The van der Waals surface area contributed by atoms with Gasteiger partial charge in [0.05, 0.1) is 24.3 Å². The standard InChI is InChI=1S/C26H32ClN3O5/c1-4-11-35-26(33)29-9-10-30(16(2)15-29)25(32)18-6-7-19-22(14-18)28-21-8-5-17(13-23(31)34-3)12-20(21)24(19)27/h6-7,14,16-17H,4-5,8-13,15H2,1-3H3. The largest absolute Gasteiger partial charge is 0.469 e. The molecule has 35 heavy (non-hydrogen) atoms. The molecular formula is C26H32ClN3O5. The third-order valence-electron chi connectivity index (χ3n) is 6.89. The third kappa shape index (κ3) is 5.37. The van der Waals surface area contributed by atoms with E-state index in [4.69, 9.17) is 26.1 Å². The first-order chi connectivity index (χ1) is 16.8. The number of pyridine rings is 1. The highest BCUT2D eigenvalue weighted by Crippen LogP contribution is 2.36. The highest BCUT2D eigenvalue weighted by Gasteiger charge is 2.31. The first-order valence-corrected chi connectivity index (χ1v) is 12.6.